The molecule has 80 valence electrons. The van der Waals surface area contributed by atoms with E-state index in [0.29, 0.717) is 16.9 Å². The highest BCUT2D eigenvalue weighted by Crippen LogP contribution is 2.28. The van der Waals surface area contributed by atoms with Crippen LogP contribution in [0.15, 0.2) is 12.1 Å². The maximum Gasteiger partial charge on any atom is 0.339 e. The number of rotatable bonds is 3. The van der Waals surface area contributed by atoms with Gasteiger partial charge in [-0.2, -0.15) is 0 Å². The van der Waals surface area contributed by atoms with E-state index in [9.17, 15) is 9.59 Å². The quantitative estimate of drug-likeness (QED) is 0.608. The molecule has 1 aromatic carbocycles. The Morgan fingerprint density at radius 1 is 1.47 bits per heavy atom. The van der Waals surface area contributed by atoms with Crippen molar-refractivity contribution in [1.29, 1.82) is 0 Å². The van der Waals surface area contributed by atoms with Gasteiger partial charge in [0.15, 0.2) is 0 Å². The number of esters is 1. The maximum absolute atomic E-state index is 11.3. The number of aldehydes is 1. The molecule has 0 aliphatic rings. The van der Waals surface area contributed by atoms with Crippen LogP contribution in [-0.2, 0) is 16.0 Å². The van der Waals surface area contributed by atoms with E-state index >= 15 is 0 Å². The monoisotopic (exact) mass is 246 g/mol. The first-order valence-corrected chi connectivity index (χ1v) is 4.86. The lowest BCUT2D eigenvalue weighted by Gasteiger charge is -2.07. The SMILES string of the molecule is COC(=O)c1ccc(Cl)c(CC=O)c1Cl. The Kier molecular flexibility index (Phi) is 4.12. The number of halogens is 2. The van der Waals surface area contributed by atoms with Crippen LogP contribution in [0.4, 0.5) is 0 Å². The third-order valence-corrected chi connectivity index (χ3v) is 2.66. The van der Waals surface area contributed by atoms with Gasteiger partial charge >= 0.3 is 5.97 Å². The summed E-state index contributed by atoms with van der Waals surface area (Å²) in [6.07, 6.45) is 0.747. The number of carbonyl (C=O) groups excluding carboxylic acids is 2. The smallest absolute Gasteiger partial charge is 0.339 e. The third kappa shape index (κ3) is 2.49. The molecule has 0 radical (unpaired) electrons. The maximum atomic E-state index is 11.3. The van der Waals surface area contributed by atoms with E-state index in [2.05, 4.69) is 4.74 Å². The lowest BCUT2D eigenvalue weighted by atomic mass is 10.1. The first-order chi connectivity index (χ1) is 7.11. The van der Waals surface area contributed by atoms with Gasteiger partial charge in [-0.1, -0.05) is 23.2 Å². The van der Waals surface area contributed by atoms with Crippen molar-refractivity contribution >= 4 is 35.5 Å². The van der Waals surface area contributed by atoms with E-state index in [1.807, 2.05) is 0 Å². The zero-order chi connectivity index (χ0) is 11.4. The van der Waals surface area contributed by atoms with Gasteiger partial charge in [0.25, 0.3) is 0 Å². The number of methoxy groups -OCH3 is 1. The second-order valence-corrected chi connectivity index (χ2v) is 3.54. The molecule has 0 spiro atoms. The molecule has 0 aromatic heterocycles. The highest BCUT2D eigenvalue weighted by molar-refractivity contribution is 6.38. The van der Waals surface area contributed by atoms with Gasteiger partial charge in [0.1, 0.15) is 6.29 Å². The molecule has 1 aromatic rings. The van der Waals surface area contributed by atoms with Gasteiger partial charge in [0.05, 0.1) is 17.7 Å². The lowest BCUT2D eigenvalue weighted by molar-refractivity contribution is -0.107. The van der Waals surface area contributed by atoms with Crippen molar-refractivity contribution in [3.05, 3.63) is 33.3 Å². The van der Waals surface area contributed by atoms with E-state index in [4.69, 9.17) is 23.2 Å². The van der Waals surface area contributed by atoms with Crippen LogP contribution in [0, 0.1) is 0 Å². The van der Waals surface area contributed by atoms with Crippen LogP contribution in [0.5, 0.6) is 0 Å². The molecule has 15 heavy (non-hydrogen) atoms. The van der Waals surface area contributed by atoms with Crippen molar-refractivity contribution in [3.63, 3.8) is 0 Å². The van der Waals surface area contributed by atoms with Crippen LogP contribution in [-0.4, -0.2) is 19.4 Å². The second kappa shape index (κ2) is 5.14. The fraction of sp³-hybridized carbons (Fsp3) is 0.200. The summed E-state index contributed by atoms with van der Waals surface area (Å²) in [7, 11) is 1.26. The van der Waals surface area contributed by atoms with Gasteiger partial charge < -0.3 is 9.53 Å². The highest BCUT2D eigenvalue weighted by atomic mass is 35.5. The first kappa shape index (κ1) is 12.0. The number of ether oxygens (including phenoxy) is 1. The average Bonchev–Trinajstić information content (AvgIpc) is 2.23. The van der Waals surface area contributed by atoms with E-state index in [-0.39, 0.29) is 17.0 Å². The second-order valence-electron chi connectivity index (χ2n) is 2.75. The minimum Gasteiger partial charge on any atom is -0.465 e. The van der Waals surface area contributed by atoms with E-state index in [1.165, 1.54) is 19.2 Å². The molecule has 3 nitrogen and oxygen atoms in total. The van der Waals surface area contributed by atoms with Crippen molar-refractivity contribution in [3.8, 4) is 0 Å². The molecule has 0 heterocycles. The summed E-state index contributed by atoms with van der Waals surface area (Å²) in [6, 6.07) is 2.98. The molecule has 1 rings (SSSR count). The van der Waals surface area contributed by atoms with Gasteiger partial charge in [-0.25, -0.2) is 4.79 Å². The third-order valence-electron chi connectivity index (χ3n) is 1.88. The Balaban J connectivity index is 3.27. The minimum absolute atomic E-state index is 0.0719. The molecular formula is C10H8Cl2O3. The van der Waals surface area contributed by atoms with Crippen LogP contribution < -0.4 is 0 Å². The Labute approximate surface area is 96.9 Å². The fourth-order valence-corrected chi connectivity index (χ4v) is 1.74. The van der Waals surface area contributed by atoms with E-state index in [1.54, 1.807) is 0 Å². The molecule has 0 N–H and O–H groups in total. The lowest BCUT2D eigenvalue weighted by Crippen LogP contribution is -2.04. The van der Waals surface area contributed by atoms with Crippen molar-refractivity contribution in [2.45, 2.75) is 6.42 Å². The summed E-state index contributed by atoms with van der Waals surface area (Å²) in [5.74, 6) is -0.552. The standard InChI is InChI=1S/C10H8Cl2O3/c1-15-10(14)7-2-3-8(11)6(4-5-13)9(7)12/h2-3,5H,4H2,1H3. The van der Waals surface area contributed by atoms with Crippen LogP contribution >= 0.6 is 23.2 Å². The van der Waals surface area contributed by atoms with Crippen LogP contribution in [0.3, 0.4) is 0 Å². The number of hydrogen-bond acceptors (Lipinski definition) is 3. The molecule has 0 atom stereocenters. The average molecular weight is 247 g/mol. The van der Waals surface area contributed by atoms with Gasteiger partial charge in [0, 0.05) is 11.4 Å². The number of benzene rings is 1. The Morgan fingerprint density at radius 3 is 2.67 bits per heavy atom. The van der Waals surface area contributed by atoms with Crippen LogP contribution in [0.1, 0.15) is 15.9 Å². The largest absolute Gasteiger partial charge is 0.465 e. The van der Waals surface area contributed by atoms with E-state index < -0.39 is 5.97 Å². The molecule has 0 amide bonds. The van der Waals surface area contributed by atoms with Crippen molar-refractivity contribution < 1.29 is 14.3 Å². The zero-order valence-electron chi connectivity index (χ0n) is 7.92. The highest BCUT2D eigenvalue weighted by Gasteiger charge is 2.15. The Bertz CT molecular complexity index is 402. The van der Waals surface area contributed by atoms with Crippen molar-refractivity contribution in [2.75, 3.05) is 7.11 Å². The van der Waals surface area contributed by atoms with Crippen molar-refractivity contribution in [2.24, 2.45) is 0 Å². The summed E-state index contributed by atoms with van der Waals surface area (Å²) in [5, 5.41) is 0.529. The molecule has 0 aliphatic heterocycles. The van der Waals surface area contributed by atoms with E-state index in [0.717, 1.165) is 0 Å². The van der Waals surface area contributed by atoms with Crippen molar-refractivity contribution in [1.82, 2.24) is 0 Å². The molecular weight excluding hydrogens is 239 g/mol. The summed E-state index contributed by atoms with van der Waals surface area (Å²) >= 11 is 11.8. The number of hydrogen-bond donors (Lipinski definition) is 0. The zero-order valence-corrected chi connectivity index (χ0v) is 9.43. The summed E-state index contributed by atoms with van der Waals surface area (Å²) in [6.45, 7) is 0. The van der Waals surface area contributed by atoms with Gasteiger partial charge in [-0.05, 0) is 17.7 Å². The predicted octanol–water partition coefficient (Wildman–Crippen LogP) is 2.52. The fourth-order valence-electron chi connectivity index (χ4n) is 1.14. The summed E-state index contributed by atoms with van der Waals surface area (Å²) in [4.78, 5) is 21.7. The predicted molar refractivity (Wildman–Crippen MR) is 57.6 cm³/mol. The molecule has 5 heteroatoms. The molecule has 0 saturated carbocycles. The van der Waals surface area contributed by atoms with Gasteiger partial charge in [-0.15, -0.1) is 0 Å². The molecule has 0 unspecified atom stereocenters. The van der Waals surface area contributed by atoms with Gasteiger partial charge in [0.2, 0.25) is 0 Å². The molecule has 0 saturated heterocycles. The Morgan fingerprint density at radius 2 is 2.13 bits per heavy atom. The topological polar surface area (TPSA) is 43.4 Å². The normalized spacial score (nSPS) is 9.80. The number of carbonyl (C=O) groups is 2. The Hall–Kier alpha value is -1.06. The summed E-state index contributed by atoms with van der Waals surface area (Å²) in [5.41, 5.74) is 0.650. The minimum atomic E-state index is -0.552. The first-order valence-electron chi connectivity index (χ1n) is 4.10. The summed E-state index contributed by atoms with van der Waals surface area (Å²) < 4.78 is 4.54. The molecule has 0 fully saturated rings. The molecule has 0 bridgehead atoms. The molecule has 0 aliphatic carbocycles. The van der Waals surface area contributed by atoms with Crippen LogP contribution in [0.2, 0.25) is 10.0 Å². The van der Waals surface area contributed by atoms with Crippen LogP contribution in [0.25, 0.3) is 0 Å². The van der Waals surface area contributed by atoms with Gasteiger partial charge in [-0.3, -0.25) is 0 Å².